The average Bonchev–Trinajstić information content (AvgIpc) is 3.39. The average molecular weight is 603 g/mol. The number of aromatic nitrogens is 1. The van der Waals surface area contributed by atoms with E-state index in [1.165, 1.54) is 16.3 Å². The summed E-state index contributed by atoms with van der Waals surface area (Å²) in [6, 6.07) is 26.8. The van der Waals surface area contributed by atoms with Gasteiger partial charge in [-0.2, -0.15) is 10.1 Å². The maximum Gasteiger partial charge on any atom is 0.280 e. The Morgan fingerprint density at radius 3 is 2.18 bits per heavy atom. The number of nitrogens with zero attached hydrogens (tertiary/aromatic N) is 3. The fourth-order valence-electron chi connectivity index (χ4n) is 4.02. The molecule has 0 aliphatic heterocycles. The number of carbonyl (C=O) groups is 1. The number of ether oxygens (including phenoxy) is 3. The maximum absolute atomic E-state index is 13.8. The second-order valence-electron chi connectivity index (χ2n) is 8.37. The molecule has 1 heterocycles. The van der Waals surface area contributed by atoms with Crippen LogP contribution in [0.2, 0.25) is 0 Å². The molecule has 0 spiro atoms. The Balaban J connectivity index is 1.54. The van der Waals surface area contributed by atoms with E-state index in [0.717, 1.165) is 25.8 Å². The van der Waals surface area contributed by atoms with Crippen LogP contribution in [0.25, 0.3) is 21.3 Å². The molecule has 5 rings (SSSR count). The molecule has 5 aromatic rings. The van der Waals surface area contributed by atoms with Gasteiger partial charge in [0.05, 0.1) is 37.8 Å². The highest BCUT2D eigenvalue weighted by molar-refractivity contribution is 9.10. The first-order valence-electron chi connectivity index (χ1n) is 11.9. The van der Waals surface area contributed by atoms with Gasteiger partial charge in [-0.15, -0.1) is 0 Å². The largest absolute Gasteiger partial charge is 0.493 e. The minimum atomic E-state index is -0.309. The van der Waals surface area contributed by atoms with Crippen molar-refractivity contribution in [3.63, 3.8) is 0 Å². The van der Waals surface area contributed by atoms with Gasteiger partial charge < -0.3 is 14.2 Å². The van der Waals surface area contributed by atoms with E-state index in [9.17, 15) is 4.79 Å². The number of hydrazone groups is 1. The Labute approximate surface area is 238 Å². The molecule has 1 aromatic heterocycles. The number of hydrogen-bond acceptors (Lipinski definition) is 7. The summed E-state index contributed by atoms with van der Waals surface area (Å²) >= 11 is 4.89. The van der Waals surface area contributed by atoms with Gasteiger partial charge in [0.15, 0.2) is 11.5 Å². The van der Waals surface area contributed by atoms with Crippen molar-refractivity contribution in [1.29, 1.82) is 0 Å². The number of halogens is 1. The summed E-state index contributed by atoms with van der Waals surface area (Å²) in [7, 11) is 4.64. The number of rotatable bonds is 8. The number of anilines is 1. The Hall–Kier alpha value is -4.21. The number of fused-ring (bicyclic) bond motifs is 1. The van der Waals surface area contributed by atoms with E-state index >= 15 is 0 Å². The molecular weight excluding hydrogens is 578 g/mol. The first-order valence-corrected chi connectivity index (χ1v) is 13.5. The second kappa shape index (κ2) is 11.7. The van der Waals surface area contributed by atoms with Gasteiger partial charge in [0.1, 0.15) is 0 Å². The third kappa shape index (κ3) is 5.64. The standard InChI is InChI=1S/C30H24BrN3O4S/c1-36-25-15-19(16-26(37-2)28(25)38-3)18-32-34(30-33-24-14-13-23(31)17-27(24)39-30)29(35)22-11-9-21(10-12-22)20-7-5-4-6-8-20/h4-18H,1-3H3/b32-18+. The molecule has 0 fully saturated rings. The van der Waals surface area contributed by atoms with E-state index in [1.807, 2.05) is 60.7 Å². The lowest BCUT2D eigenvalue weighted by molar-refractivity contribution is 0.0988. The minimum absolute atomic E-state index is 0.309. The van der Waals surface area contributed by atoms with Crippen molar-refractivity contribution >= 4 is 54.7 Å². The molecule has 0 bridgehead atoms. The molecule has 9 heteroatoms. The predicted octanol–water partition coefficient (Wildman–Crippen LogP) is 7.43. The highest BCUT2D eigenvalue weighted by Gasteiger charge is 2.22. The lowest BCUT2D eigenvalue weighted by Gasteiger charge is -2.15. The van der Waals surface area contributed by atoms with Crippen LogP contribution in [0, 0.1) is 0 Å². The molecule has 0 atom stereocenters. The SMILES string of the molecule is COc1cc(/C=N/N(C(=O)c2ccc(-c3ccccc3)cc2)c2nc3ccc(Br)cc3s2)cc(OC)c1OC. The number of methoxy groups -OCH3 is 3. The van der Waals surface area contributed by atoms with Crippen LogP contribution in [-0.2, 0) is 0 Å². The van der Waals surface area contributed by atoms with Gasteiger partial charge in [-0.05, 0) is 53.6 Å². The molecule has 0 aliphatic rings. The van der Waals surface area contributed by atoms with E-state index in [1.54, 1.807) is 51.8 Å². The summed E-state index contributed by atoms with van der Waals surface area (Å²) in [5, 5.41) is 6.35. The Morgan fingerprint density at radius 2 is 1.54 bits per heavy atom. The fraction of sp³-hybridized carbons (Fsp3) is 0.100. The molecule has 0 radical (unpaired) electrons. The number of amides is 1. The maximum atomic E-state index is 13.8. The van der Waals surface area contributed by atoms with E-state index in [4.69, 9.17) is 19.2 Å². The van der Waals surface area contributed by atoms with E-state index in [0.29, 0.717) is 33.5 Å². The molecule has 196 valence electrons. The zero-order valence-electron chi connectivity index (χ0n) is 21.4. The van der Waals surface area contributed by atoms with Crippen molar-refractivity contribution in [3.05, 3.63) is 101 Å². The topological polar surface area (TPSA) is 73.2 Å². The first kappa shape index (κ1) is 26.4. The fourth-order valence-corrected chi connectivity index (χ4v) is 5.50. The van der Waals surface area contributed by atoms with Crippen molar-refractivity contribution in [3.8, 4) is 28.4 Å². The third-order valence-electron chi connectivity index (χ3n) is 5.96. The van der Waals surface area contributed by atoms with Crippen LogP contribution in [-0.4, -0.2) is 38.4 Å². The zero-order valence-corrected chi connectivity index (χ0v) is 23.8. The highest BCUT2D eigenvalue weighted by Crippen LogP contribution is 2.38. The van der Waals surface area contributed by atoms with Crippen LogP contribution in [0.3, 0.4) is 0 Å². The normalized spacial score (nSPS) is 11.1. The Kier molecular flexibility index (Phi) is 7.90. The van der Waals surface area contributed by atoms with Crippen LogP contribution in [0.1, 0.15) is 15.9 Å². The minimum Gasteiger partial charge on any atom is -0.493 e. The quantitative estimate of drug-likeness (QED) is 0.136. The van der Waals surface area contributed by atoms with Gasteiger partial charge in [-0.25, -0.2) is 4.98 Å². The van der Waals surface area contributed by atoms with Crippen LogP contribution in [0.4, 0.5) is 5.13 Å². The molecule has 0 saturated heterocycles. The summed E-state index contributed by atoms with van der Waals surface area (Å²) in [5.41, 5.74) is 4.01. The summed E-state index contributed by atoms with van der Waals surface area (Å²) in [5.74, 6) is 1.13. The van der Waals surface area contributed by atoms with Crippen LogP contribution >= 0.6 is 27.3 Å². The smallest absolute Gasteiger partial charge is 0.280 e. The molecular formula is C30H24BrN3O4S. The van der Waals surface area contributed by atoms with Crippen molar-refractivity contribution in [2.75, 3.05) is 26.3 Å². The van der Waals surface area contributed by atoms with Crippen molar-refractivity contribution in [2.45, 2.75) is 0 Å². The summed E-state index contributed by atoms with van der Waals surface area (Å²) in [6.45, 7) is 0. The van der Waals surface area contributed by atoms with Crippen LogP contribution < -0.4 is 19.2 Å². The summed E-state index contributed by atoms with van der Waals surface area (Å²) in [6.07, 6.45) is 1.57. The van der Waals surface area contributed by atoms with Crippen molar-refractivity contribution in [1.82, 2.24) is 4.98 Å². The summed E-state index contributed by atoms with van der Waals surface area (Å²) in [4.78, 5) is 18.5. The lowest BCUT2D eigenvalue weighted by atomic mass is 10.0. The second-order valence-corrected chi connectivity index (χ2v) is 10.3. The van der Waals surface area contributed by atoms with E-state index in [2.05, 4.69) is 21.0 Å². The molecule has 1 amide bonds. The first-order chi connectivity index (χ1) is 19.0. The van der Waals surface area contributed by atoms with Gasteiger partial charge in [0, 0.05) is 15.6 Å². The number of benzene rings is 4. The predicted molar refractivity (Wildman–Crippen MR) is 160 cm³/mol. The van der Waals surface area contributed by atoms with Gasteiger partial charge in [-0.3, -0.25) is 4.79 Å². The number of hydrogen-bond donors (Lipinski definition) is 0. The van der Waals surface area contributed by atoms with E-state index < -0.39 is 0 Å². The van der Waals surface area contributed by atoms with Gasteiger partial charge in [0.25, 0.3) is 5.91 Å². The molecule has 0 aliphatic carbocycles. The summed E-state index contributed by atoms with van der Waals surface area (Å²) < 4.78 is 18.2. The van der Waals surface area contributed by atoms with Crippen molar-refractivity contribution < 1.29 is 19.0 Å². The molecule has 7 nitrogen and oxygen atoms in total. The van der Waals surface area contributed by atoms with E-state index in [-0.39, 0.29) is 5.91 Å². The molecule has 0 unspecified atom stereocenters. The lowest BCUT2D eigenvalue weighted by Crippen LogP contribution is -2.25. The Bertz CT molecular complexity index is 1630. The third-order valence-corrected chi connectivity index (χ3v) is 7.45. The van der Waals surface area contributed by atoms with Crippen LogP contribution in [0.15, 0.2) is 94.5 Å². The zero-order chi connectivity index (χ0) is 27.4. The number of carbonyl (C=O) groups excluding carboxylic acids is 1. The number of thiazole rings is 1. The van der Waals surface area contributed by atoms with Gasteiger partial charge >= 0.3 is 0 Å². The van der Waals surface area contributed by atoms with Gasteiger partial charge in [-0.1, -0.05) is 69.7 Å². The van der Waals surface area contributed by atoms with Crippen LogP contribution in [0.5, 0.6) is 17.2 Å². The molecule has 39 heavy (non-hydrogen) atoms. The monoisotopic (exact) mass is 601 g/mol. The van der Waals surface area contributed by atoms with Gasteiger partial charge in [0.2, 0.25) is 10.9 Å². The Morgan fingerprint density at radius 1 is 0.872 bits per heavy atom. The highest BCUT2D eigenvalue weighted by atomic mass is 79.9. The van der Waals surface area contributed by atoms with Crippen molar-refractivity contribution in [2.24, 2.45) is 5.10 Å². The molecule has 0 saturated carbocycles. The molecule has 0 N–H and O–H groups in total. The molecule has 4 aromatic carbocycles.